The molecule has 3 heterocycles. The number of carbonyl (C=O) groups excluding carboxylic acids is 2. The van der Waals surface area contributed by atoms with Crippen LogP contribution in [0.4, 0.5) is 0 Å². The number of phosphoric acid groups is 1. The summed E-state index contributed by atoms with van der Waals surface area (Å²) in [6, 6.07) is 12.5. The van der Waals surface area contributed by atoms with Crippen LogP contribution in [-0.4, -0.2) is 146 Å². The second kappa shape index (κ2) is 29.8. The Balaban J connectivity index is 0.811. The smallest absolute Gasteiger partial charge is 0.472 e. The highest BCUT2D eigenvalue weighted by Crippen LogP contribution is 2.45. The van der Waals surface area contributed by atoms with E-state index >= 15 is 0 Å². The van der Waals surface area contributed by atoms with Crippen molar-refractivity contribution in [1.29, 1.82) is 0 Å². The average Bonchev–Trinajstić information content (AvgIpc) is 3.96. The van der Waals surface area contributed by atoms with E-state index in [1.165, 1.54) is 38.4 Å². The zero-order valence-electron chi connectivity index (χ0n) is 44.5. The fourth-order valence-corrected chi connectivity index (χ4v) is 11.1. The van der Waals surface area contributed by atoms with Crippen molar-refractivity contribution in [3.8, 4) is 22.5 Å². The van der Waals surface area contributed by atoms with Gasteiger partial charge in [0.25, 0.3) is 11.5 Å². The predicted octanol–water partition coefficient (Wildman–Crippen LogP) is 6.76. The van der Waals surface area contributed by atoms with Gasteiger partial charge in [-0.25, -0.2) is 14.2 Å². The number of phosphoric ester groups is 1. The minimum absolute atomic E-state index is 0.0176. The van der Waals surface area contributed by atoms with Crippen molar-refractivity contribution in [3.63, 3.8) is 0 Å². The molecule has 0 spiro atoms. The molecule has 22 nitrogen and oxygen atoms in total. The lowest BCUT2D eigenvalue weighted by atomic mass is 9.88. The number of amides is 2. The van der Waals surface area contributed by atoms with Crippen molar-refractivity contribution in [2.75, 3.05) is 92.1 Å². The number of aryl methyl sites for hydroxylation is 3. The first-order valence-electron chi connectivity index (χ1n) is 25.0. The van der Waals surface area contributed by atoms with Crippen molar-refractivity contribution < 1.29 is 70.8 Å². The summed E-state index contributed by atoms with van der Waals surface area (Å²) >= 11 is 2.25. The Morgan fingerprint density at radius 2 is 1.62 bits per heavy atom. The summed E-state index contributed by atoms with van der Waals surface area (Å²) in [5.41, 5.74) is 3.76. The topological polar surface area (TPSA) is 287 Å². The van der Waals surface area contributed by atoms with Gasteiger partial charge in [0.1, 0.15) is 29.6 Å². The summed E-state index contributed by atoms with van der Waals surface area (Å²) < 4.78 is 64.1. The number of fused-ring (bicyclic) bond motifs is 2. The first-order chi connectivity index (χ1) is 37.2. The normalized spacial score (nSPS) is 16.7. The van der Waals surface area contributed by atoms with Crippen molar-refractivity contribution in [2.45, 2.75) is 77.6 Å². The lowest BCUT2D eigenvalue weighted by Crippen LogP contribution is -2.36. The molecule has 1 aliphatic carbocycles. The molecule has 2 unspecified atom stereocenters. The maximum Gasteiger partial charge on any atom is 0.472 e. The third-order valence-electron chi connectivity index (χ3n) is 12.1. The number of hydrogen-bond donors (Lipinski definition) is 5. The number of aromatic amines is 1. The van der Waals surface area contributed by atoms with E-state index in [2.05, 4.69) is 47.7 Å². The van der Waals surface area contributed by atoms with Gasteiger partial charge in [0.2, 0.25) is 5.91 Å². The molecule has 0 bridgehead atoms. The molecule has 26 heteroatoms. The van der Waals surface area contributed by atoms with Gasteiger partial charge in [-0.2, -0.15) is 0 Å². The van der Waals surface area contributed by atoms with E-state index < -0.39 is 49.4 Å². The van der Waals surface area contributed by atoms with Crippen LogP contribution in [-0.2, 0) is 46.8 Å². The molecule has 3 aliphatic rings. The van der Waals surface area contributed by atoms with Crippen LogP contribution in [0, 0.1) is 24.3 Å². The van der Waals surface area contributed by atoms with Crippen LogP contribution >= 0.6 is 52.0 Å². The second-order valence-electron chi connectivity index (χ2n) is 18.6. The molecule has 4 atom stereocenters. The summed E-state index contributed by atoms with van der Waals surface area (Å²) in [7, 11) is -0.397. The van der Waals surface area contributed by atoms with Crippen molar-refractivity contribution in [1.82, 2.24) is 20.2 Å². The number of carboxylic acid groups (broad SMARTS) is 1. The van der Waals surface area contributed by atoms with Gasteiger partial charge in [-0.05, 0) is 111 Å². The van der Waals surface area contributed by atoms with E-state index in [9.17, 15) is 38.5 Å². The van der Waals surface area contributed by atoms with E-state index in [0.717, 1.165) is 38.1 Å². The number of rotatable bonds is 31. The lowest BCUT2D eigenvalue weighted by Gasteiger charge is -2.24. The molecule has 426 valence electrons. The van der Waals surface area contributed by atoms with Crippen LogP contribution < -0.4 is 27.2 Å². The Kier molecular flexibility index (Phi) is 24.0. The number of carboxylic acids is 1. The molecule has 5 N–H and O–H groups in total. The van der Waals surface area contributed by atoms with Gasteiger partial charge in [-0.1, -0.05) is 27.7 Å². The second-order valence-corrected chi connectivity index (χ2v) is 24.2. The molecular formula is C52H67IN5O17PS2. The van der Waals surface area contributed by atoms with Crippen LogP contribution in [0.15, 0.2) is 67.7 Å². The Hall–Kier alpha value is -4.48. The number of H-pyrrole nitrogens is 1. The van der Waals surface area contributed by atoms with E-state index in [4.69, 9.17) is 37.4 Å². The van der Waals surface area contributed by atoms with E-state index in [0.29, 0.717) is 74.2 Å². The van der Waals surface area contributed by atoms with Crippen LogP contribution in [0.5, 0.6) is 0 Å². The molecule has 3 aromatic rings. The van der Waals surface area contributed by atoms with Gasteiger partial charge < -0.3 is 53.5 Å². The number of benzene rings is 3. The number of aromatic nitrogens is 2. The maximum absolute atomic E-state index is 13.2. The summed E-state index contributed by atoms with van der Waals surface area (Å²) in [5.74, 6) is -1.02. The van der Waals surface area contributed by atoms with Crippen molar-refractivity contribution in [3.05, 3.63) is 106 Å². The molecule has 1 aromatic heterocycles. The van der Waals surface area contributed by atoms with Crippen LogP contribution in [0.2, 0.25) is 0 Å². The number of ether oxygens (including phenoxy) is 6. The van der Waals surface area contributed by atoms with Crippen molar-refractivity contribution >= 4 is 80.8 Å². The fraction of sp³-hybridized carbons (Fsp3) is 0.500. The Labute approximate surface area is 472 Å². The summed E-state index contributed by atoms with van der Waals surface area (Å²) in [4.78, 5) is 79.5. The molecule has 78 heavy (non-hydrogen) atoms. The SMILES string of the molecule is CCN=c1cc2oc3cc(I)c(C)cc3c(-c3ccc(C(=O)NCCOCCOCCOCCOCCC(=O)NCC(C)(C)SSCOC4C[C@H](n5cc(C)c(=O)[nH]c5=O)O[C@@H]4COP(=O)(O)OC)cc3C(=O)O)c-2cc1C. The largest absolute Gasteiger partial charge is 0.478 e. The highest BCUT2D eigenvalue weighted by Gasteiger charge is 2.39. The Morgan fingerprint density at radius 1 is 0.923 bits per heavy atom. The molecule has 1 fully saturated rings. The standard InChI is InChI=1S/C52H67IN5O17PS2/c1-8-54-40-25-42-38(22-32(40)3)47(37-21-31(2)39(53)24-41(37)74-42)35-10-9-34(23-36(35)50(62)63)49(61)55-12-14-69-16-18-71-20-19-70-17-15-68-13-11-45(59)56-29-52(5,6)78-77-30-72-43-26-46(58-27-33(4)48(60)57-51(58)64)75-44(43)28-73-76(65,66)67-7/h9-10,21-25,27,43-44,46H,8,11-20,26,28-30H2,1-7H3,(H,55,61)(H,56,59)(H,62,63)(H,65,66)(H,57,60,64)/t43?,44-,46-/m1/s1. The third-order valence-corrected chi connectivity index (χ3v) is 17.2. The van der Waals surface area contributed by atoms with E-state index in [-0.39, 0.29) is 73.5 Å². The van der Waals surface area contributed by atoms with Gasteiger partial charge in [0, 0.05) is 87.8 Å². The van der Waals surface area contributed by atoms with Gasteiger partial charge in [-0.3, -0.25) is 38.0 Å². The monoisotopic (exact) mass is 1260 g/mol. The van der Waals surface area contributed by atoms with Crippen LogP contribution in [0.3, 0.4) is 0 Å². The van der Waals surface area contributed by atoms with Gasteiger partial charge in [-0.15, -0.1) is 0 Å². The van der Waals surface area contributed by atoms with Crippen LogP contribution in [0.25, 0.3) is 33.4 Å². The summed E-state index contributed by atoms with van der Waals surface area (Å²) in [6.45, 7) is 14.5. The maximum atomic E-state index is 13.2. The summed E-state index contributed by atoms with van der Waals surface area (Å²) in [6.07, 6.45) is -0.546. The lowest BCUT2D eigenvalue weighted by molar-refractivity contribution is -0.122. The number of carbonyl (C=O) groups is 3. The minimum Gasteiger partial charge on any atom is -0.478 e. The molecule has 2 amide bonds. The number of nitrogens with zero attached hydrogens (tertiary/aromatic N) is 2. The summed E-state index contributed by atoms with van der Waals surface area (Å²) in [5, 5.41) is 17.7. The Bertz CT molecular complexity index is 3100. The molecule has 2 aromatic carbocycles. The molecule has 2 aliphatic heterocycles. The predicted molar refractivity (Wildman–Crippen MR) is 303 cm³/mol. The van der Waals surface area contributed by atoms with Crippen LogP contribution in [0.1, 0.15) is 77.2 Å². The van der Waals surface area contributed by atoms with Crippen molar-refractivity contribution in [2.24, 2.45) is 4.99 Å². The first-order valence-corrected chi connectivity index (χ1v) is 29.9. The number of hydrogen-bond acceptors (Lipinski definition) is 18. The number of aromatic carboxylic acids is 1. The average molecular weight is 1260 g/mol. The van der Waals surface area contributed by atoms with Gasteiger partial charge >= 0.3 is 19.5 Å². The van der Waals surface area contributed by atoms with E-state index in [1.54, 1.807) is 19.1 Å². The number of nitrogens with one attached hydrogen (secondary N) is 3. The minimum atomic E-state index is -4.32. The van der Waals surface area contributed by atoms with Gasteiger partial charge in [0.15, 0.2) is 0 Å². The quantitative estimate of drug-likeness (QED) is 0.00765. The molecule has 1 saturated heterocycles. The highest BCUT2D eigenvalue weighted by molar-refractivity contribution is 14.1. The Morgan fingerprint density at radius 3 is 2.29 bits per heavy atom. The molecule has 6 rings (SSSR count). The van der Waals surface area contributed by atoms with Gasteiger partial charge in [0.05, 0.1) is 76.5 Å². The van der Waals surface area contributed by atoms with E-state index in [1.807, 2.05) is 58.9 Å². The molecular weight excluding hydrogens is 1190 g/mol. The highest BCUT2D eigenvalue weighted by atomic mass is 127. The first kappa shape index (κ1) is 62.7. The number of halogens is 1. The molecule has 0 radical (unpaired) electrons. The fourth-order valence-electron chi connectivity index (χ4n) is 8.09. The zero-order chi connectivity index (χ0) is 56.6. The third kappa shape index (κ3) is 18.0. The molecule has 0 saturated carbocycles. The zero-order valence-corrected chi connectivity index (χ0v) is 49.2.